The molecular weight excluding hydrogens is 340 g/mol. The molecule has 27 heavy (non-hydrogen) atoms. The van der Waals surface area contributed by atoms with Crippen LogP contribution in [0, 0.1) is 27.7 Å². The highest BCUT2D eigenvalue weighted by atomic mass is 16.5. The van der Waals surface area contributed by atoms with E-state index in [0.29, 0.717) is 24.7 Å². The zero-order valence-corrected chi connectivity index (χ0v) is 16.8. The number of rotatable bonds is 3. The van der Waals surface area contributed by atoms with Crippen molar-refractivity contribution in [3.05, 3.63) is 46.6 Å². The van der Waals surface area contributed by atoms with E-state index in [4.69, 9.17) is 4.74 Å². The second-order valence-electron chi connectivity index (χ2n) is 7.20. The van der Waals surface area contributed by atoms with E-state index < -0.39 is 0 Å². The Morgan fingerprint density at radius 3 is 2.22 bits per heavy atom. The summed E-state index contributed by atoms with van der Waals surface area (Å²) in [5.41, 5.74) is 6.28. The number of methoxy groups -OCH3 is 1. The van der Waals surface area contributed by atoms with Gasteiger partial charge in [-0.05, 0) is 62.6 Å². The predicted octanol–water partition coefficient (Wildman–Crippen LogP) is 3.68. The van der Waals surface area contributed by atoms with Crippen molar-refractivity contribution in [2.45, 2.75) is 27.7 Å². The molecule has 2 heterocycles. The van der Waals surface area contributed by atoms with E-state index in [0.717, 1.165) is 24.3 Å². The number of piperazine rings is 1. The van der Waals surface area contributed by atoms with Crippen LogP contribution in [-0.2, 0) is 0 Å². The lowest BCUT2D eigenvalue weighted by Gasteiger charge is -2.36. The second-order valence-corrected chi connectivity index (χ2v) is 7.20. The van der Waals surface area contributed by atoms with Gasteiger partial charge in [0, 0.05) is 37.6 Å². The van der Waals surface area contributed by atoms with Gasteiger partial charge in [0.1, 0.15) is 5.69 Å². The van der Waals surface area contributed by atoms with Crippen molar-refractivity contribution in [1.29, 1.82) is 0 Å². The summed E-state index contributed by atoms with van der Waals surface area (Å²) in [5, 5.41) is 2.95. The smallest absolute Gasteiger partial charge is 0.322 e. The number of carbonyl (C=O) groups excluding carboxylic acids is 1. The zero-order chi connectivity index (χ0) is 19.6. The zero-order valence-electron chi connectivity index (χ0n) is 16.8. The lowest BCUT2D eigenvalue weighted by Crippen LogP contribution is -2.50. The number of nitrogens with zero attached hydrogens (tertiary/aromatic N) is 3. The molecule has 1 fully saturated rings. The number of ether oxygens (including phenoxy) is 1. The first-order valence-corrected chi connectivity index (χ1v) is 9.29. The number of aromatic nitrogens is 1. The number of nitrogens with one attached hydrogen (secondary N) is 1. The Hall–Kier alpha value is -2.76. The molecule has 0 unspecified atom stereocenters. The van der Waals surface area contributed by atoms with Crippen molar-refractivity contribution in [1.82, 2.24) is 9.88 Å². The number of pyridine rings is 1. The van der Waals surface area contributed by atoms with Gasteiger partial charge >= 0.3 is 6.03 Å². The van der Waals surface area contributed by atoms with E-state index in [1.807, 2.05) is 24.8 Å². The summed E-state index contributed by atoms with van der Waals surface area (Å²) < 4.78 is 5.31. The van der Waals surface area contributed by atoms with Crippen LogP contribution in [0.1, 0.15) is 22.4 Å². The third kappa shape index (κ3) is 4.32. The summed E-state index contributed by atoms with van der Waals surface area (Å²) in [6.07, 6.45) is 0. The third-order valence-corrected chi connectivity index (χ3v) is 5.00. The highest BCUT2D eigenvalue weighted by Gasteiger charge is 2.22. The molecule has 6 heteroatoms. The van der Waals surface area contributed by atoms with Gasteiger partial charge in [0.25, 0.3) is 0 Å². The predicted molar refractivity (Wildman–Crippen MR) is 109 cm³/mol. The van der Waals surface area contributed by atoms with Crippen molar-refractivity contribution < 1.29 is 9.53 Å². The molecule has 1 aliphatic rings. The van der Waals surface area contributed by atoms with Crippen LogP contribution in [0.15, 0.2) is 24.3 Å². The third-order valence-electron chi connectivity index (χ3n) is 5.00. The Balaban J connectivity index is 1.64. The van der Waals surface area contributed by atoms with E-state index >= 15 is 0 Å². The molecule has 1 N–H and O–H groups in total. The van der Waals surface area contributed by atoms with Gasteiger partial charge in [-0.25, -0.2) is 9.78 Å². The molecule has 0 bridgehead atoms. The molecule has 1 saturated heterocycles. The number of amides is 2. The van der Waals surface area contributed by atoms with Crippen LogP contribution >= 0.6 is 0 Å². The molecule has 144 valence electrons. The minimum atomic E-state index is -0.113. The summed E-state index contributed by atoms with van der Waals surface area (Å²) in [6, 6.07) is 8.38. The molecule has 1 aromatic heterocycles. The van der Waals surface area contributed by atoms with Gasteiger partial charge in [-0.1, -0.05) is 6.07 Å². The molecular formula is C21H28N4O2. The molecule has 0 atom stereocenters. The largest absolute Gasteiger partial charge is 0.480 e. The van der Waals surface area contributed by atoms with Crippen molar-refractivity contribution in [3.8, 4) is 5.88 Å². The average molecular weight is 368 g/mol. The fraction of sp³-hybridized carbons (Fsp3) is 0.429. The molecule has 2 aromatic rings. The Morgan fingerprint density at radius 1 is 1.00 bits per heavy atom. The molecule has 0 radical (unpaired) electrons. The number of aryl methyl sites for hydroxylation is 4. The lowest BCUT2D eigenvalue weighted by atomic mass is 10.1. The van der Waals surface area contributed by atoms with Gasteiger partial charge in [0.2, 0.25) is 5.88 Å². The Morgan fingerprint density at radius 2 is 1.63 bits per heavy atom. The van der Waals surface area contributed by atoms with E-state index in [-0.39, 0.29) is 6.03 Å². The first-order chi connectivity index (χ1) is 12.9. The van der Waals surface area contributed by atoms with Crippen molar-refractivity contribution in [2.24, 2.45) is 0 Å². The summed E-state index contributed by atoms with van der Waals surface area (Å²) in [7, 11) is 1.56. The van der Waals surface area contributed by atoms with E-state index in [1.54, 1.807) is 7.11 Å². The minimum absolute atomic E-state index is 0.113. The standard InChI is InChI=1S/C21H28N4O2/c1-14-10-15(2)12-18(11-14)24-6-8-25(9-7-24)21(26)23-19-13-16(3)17(4)22-20(19)27-5/h10-13H,6-9H2,1-5H3,(H,23,26). The Labute approximate surface area is 161 Å². The molecule has 0 saturated carbocycles. The monoisotopic (exact) mass is 368 g/mol. The van der Waals surface area contributed by atoms with E-state index in [2.05, 4.69) is 47.2 Å². The van der Waals surface area contributed by atoms with Crippen LogP contribution < -0.4 is 15.0 Å². The number of benzene rings is 1. The minimum Gasteiger partial charge on any atom is -0.480 e. The van der Waals surface area contributed by atoms with Gasteiger partial charge in [-0.15, -0.1) is 0 Å². The fourth-order valence-electron chi connectivity index (χ4n) is 3.42. The van der Waals surface area contributed by atoms with Crippen LogP contribution in [0.25, 0.3) is 0 Å². The van der Waals surface area contributed by atoms with E-state index in [9.17, 15) is 4.79 Å². The molecule has 1 aromatic carbocycles. The maximum atomic E-state index is 12.7. The maximum absolute atomic E-state index is 12.7. The van der Waals surface area contributed by atoms with Gasteiger partial charge in [0.05, 0.1) is 7.11 Å². The quantitative estimate of drug-likeness (QED) is 0.898. The average Bonchev–Trinajstić information content (AvgIpc) is 2.63. The summed E-state index contributed by atoms with van der Waals surface area (Å²) in [4.78, 5) is 21.3. The Bertz CT molecular complexity index is 822. The molecule has 0 spiro atoms. The van der Waals surface area contributed by atoms with Gasteiger partial charge in [0.15, 0.2) is 0 Å². The molecule has 2 amide bonds. The number of hydrogen-bond donors (Lipinski definition) is 1. The molecule has 1 aliphatic heterocycles. The normalized spacial score (nSPS) is 14.3. The van der Waals surface area contributed by atoms with Crippen LogP contribution in [0.2, 0.25) is 0 Å². The van der Waals surface area contributed by atoms with Gasteiger partial charge in [-0.2, -0.15) is 0 Å². The van der Waals surface area contributed by atoms with Crippen molar-refractivity contribution in [2.75, 3.05) is 43.5 Å². The summed E-state index contributed by atoms with van der Waals surface area (Å²) in [6.45, 7) is 11.1. The van der Waals surface area contributed by atoms with Crippen LogP contribution in [0.4, 0.5) is 16.2 Å². The number of anilines is 2. The van der Waals surface area contributed by atoms with E-state index in [1.165, 1.54) is 16.8 Å². The topological polar surface area (TPSA) is 57.7 Å². The second kappa shape index (κ2) is 7.86. The molecule has 6 nitrogen and oxygen atoms in total. The highest BCUT2D eigenvalue weighted by Crippen LogP contribution is 2.25. The first kappa shape index (κ1) is 19.0. The fourth-order valence-corrected chi connectivity index (χ4v) is 3.42. The summed E-state index contributed by atoms with van der Waals surface area (Å²) in [5.74, 6) is 0.445. The van der Waals surface area contributed by atoms with Gasteiger partial charge < -0.3 is 19.9 Å². The maximum Gasteiger partial charge on any atom is 0.322 e. The summed E-state index contributed by atoms with van der Waals surface area (Å²) >= 11 is 0. The van der Waals surface area contributed by atoms with Crippen LogP contribution in [-0.4, -0.2) is 49.2 Å². The first-order valence-electron chi connectivity index (χ1n) is 9.29. The molecule has 0 aliphatic carbocycles. The lowest BCUT2D eigenvalue weighted by molar-refractivity contribution is 0.208. The number of urea groups is 1. The Kier molecular flexibility index (Phi) is 5.54. The highest BCUT2D eigenvalue weighted by molar-refractivity contribution is 5.91. The van der Waals surface area contributed by atoms with Gasteiger partial charge in [-0.3, -0.25) is 0 Å². The van der Waals surface area contributed by atoms with Crippen LogP contribution in [0.5, 0.6) is 5.88 Å². The van der Waals surface area contributed by atoms with Crippen molar-refractivity contribution >= 4 is 17.4 Å². The molecule has 3 rings (SSSR count). The number of carbonyl (C=O) groups is 1. The van der Waals surface area contributed by atoms with Crippen molar-refractivity contribution in [3.63, 3.8) is 0 Å². The number of hydrogen-bond acceptors (Lipinski definition) is 4. The SMILES string of the molecule is COc1nc(C)c(C)cc1NC(=O)N1CCN(c2cc(C)cc(C)c2)CC1. The van der Waals surface area contributed by atoms with Crippen LogP contribution in [0.3, 0.4) is 0 Å².